The van der Waals surface area contributed by atoms with E-state index in [2.05, 4.69) is 4.72 Å². The lowest BCUT2D eigenvalue weighted by atomic mass is 10.0. The summed E-state index contributed by atoms with van der Waals surface area (Å²) in [4.78, 5) is 0. The van der Waals surface area contributed by atoms with Gasteiger partial charge >= 0.3 is 0 Å². The Labute approximate surface area is 118 Å². The van der Waals surface area contributed by atoms with Gasteiger partial charge in [-0.05, 0) is 18.6 Å². The van der Waals surface area contributed by atoms with Crippen LogP contribution in [0.5, 0.6) is 0 Å². The van der Waals surface area contributed by atoms with Crippen molar-refractivity contribution in [3.05, 3.63) is 54.6 Å². The van der Waals surface area contributed by atoms with Crippen molar-refractivity contribution in [3.63, 3.8) is 0 Å². The molecule has 0 aliphatic rings. The first-order valence-electron chi connectivity index (χ1n) is 6.10. The van der Waals surface area contributed by atoms with Crippen molar-refractivity contribution < 1.29 is 8.42 Å². The Morgan fingerprint density at radius 3 is 2.30 bits per heavy atom. The first-order chi connectivity index (χ1) is 9.54. The minimum atomic E-state index is -3.71. The highest BCUT2D eigenvalue weighted by Crippen LogP contribution is 2.28. The number of nitriles is 1. The van der Waals surface area contributed by atoms with Gasteiger partial charge in [0.1, 0.15) is 0 Å². The third kappa shape index (κ3) is 2.98. The lowest BCUT2D eigenvalue weighted by Crippen LogP contribution is -2.24. The van der Waals surface area contributed by atoms with Crippen LogP contribution in [0.2, 0.25) is 0 Å². The van der Waals surface area contributed by atoms with Crippen LogP contribution in [0.3, 0.4) is 0 Å². The summed E-state index contributed by atoms with van der Waals surface area (Å²) in [5, 5.41) is 7.66. The summed E-state index contributed by atoms with van der Waals surface area (Å²) in [7, 11) is -3.71. The SMILES string of the molecule is CC(C#N)S(=O)(=O)Nc1ccccc1-c1ccccc1. The average Bonchev–Trinajstić information content (AvgIpc) is 2.47. The van der Waals surface area contributed by atoms with Crippen LogP contribution in [0.1, 0.15) is 6.92 Å². The van der Waals surface area contributed by atoms with Crippen molar-refractivity contribution in [1.82, 2.24) is 0 Å². The van der Waals surface area contributed by atoms with Crippen LogP contribution in [0.15, 0.2) is 54.6 Å². The van der Waals surface area contributed by atoms with Crippen LogP contribution in [0.4, 0.5) is 5.69 Å². The van der Waals surface area contributed by atoms with E-state index in [1.807, 2.05) is 42.5 Å². The molecule has 2 aromatic carbocycles. The molecule has 0 aliphatic heterocycles. The van der Waals surface area contributed by atoms with Crippen LogP contribution >= 0.6 is 0 Å². The number of rotatable bonds is 4. The van der Waals surface area contributed by atoms with Crippen molar-refractivity contribution in [1.29, 1.82) is 5.26 Å². The Bertz CT molecular complexity index is 734. The third-order valence-corrected chi connectivity index (χ3v) is 4.45. The Balaban J connectivity index is 2.43. The Hall–Kier alpha value is -2.32. The van der Waals surface area contributed by atoms with Gasteiger partial charge in [-0.3, -0.25) is 4.72 Å². The number of para-hydroxylation sites is 1. The molecule has 0 aliphatic carbocycles. The molecule has 1 unspecified atom stereocenters. The zero-order valence-corrected chi connectivity index (χ0v) is 11.8. The van der Waals surface area contributed by atoms with Crippen LogP contribution in [0.25, 0.3) is 11.1 Å². The van der Waals surface area contributed by atoms with E-state index in [0.717, 1.165) is 11.1 Å². The first-order valence-corrected chi connectivity index (χ1v) is 7.65. The second kappa shape index (κ2) is 5.76. The molecule has 0 saturated carbocycles. The highest BCUT2D eigenvalue weighted by atomic mass is 32.2. The molecule has 102 valence electrons. The third-order valence-electron chi connectivity index (χ3n) is 2.91. The lowest BCUT2D eigenvalue weighted by molar-refractivity contribution is 0.597. The molecule has 0 spiro atoms. The largest absolute Gasteiger partial charge is 0.282 e. The van der Waals surface area contributed by atoms with E-state index in [-0.39, 0.29) is 0 Å². The number of sulfonamides is 1. The van der Waals surface area contributed by atoms with E-state index in [1.165, 1.54) is 6.92 Å². The second-order valence-corrected chi connectivity index (χ2v) is 6.33. The van der Waals surface area contributed by atoms with Crippen molar-refractivity contribution >= 4 is 15.7 Å². The zero-order chi connectivity index (χ0) is 14.6. The molecular formula is C15H14N2O2S. The number of nitrogens with zero attached hydrogens (tertiary/aromatic N) is 1. The van der Waals surface area contributed by atoms with Crippen molar-refractivity contribution in [2.24, 2.45) is 0 Å². The fourth-order valence-corrected chi connectivity index (χ4v) is 2.55. The van der Waals surface area contributed by atoms with Gasteiger partial charge < -0.3 is 0 Å². The summed E-state index contributed by atoms with van der Waals surface area (Å²) in [5.41, 5.74) is 2.16. The van der Waals surface area contributed by atoms with E-state index in [1.54, 1.807) is 18.2 Å². The van der Waals surface area contributed by atoms with Gasteiger partial charge in [0.15, 0.2) is 5.25 Å². The Morgan fingerprint density at radius 1 is 1.05 bits per heavy atom. The van der Waals surface area contributed by atoms with Gasteiger partial charge in [0.2, 0.25) is 10.0 Å². The second-order valence-electron chi connectivity index (χ2n) is 4.33. The Kier molecular flexibility index (Phi) is 4.06. The minimum Gasteiger partial charge on any atom is -0.282 e. The van der Waals surface area contributed by atoms with Crippen LogP contribution in [-0.4, -0.2) is 13.7 Å². The minimum absolute atomic E-state index is 0.473. The number of nitrogens with one attached hydrogen (secondary N) is 1. The molecule has 0 heterocycles. The molecule has 2 aromatic rings. The molecule has 0 fully saturated rings. The van der Waals surface area contributed by atoms with E-state index in [0.29, 0.717) is 5.69 Å². The molecule has 1 atom stereocenters. The van der Waals surface area contributed by atoms with Gasteiger partial charge in [0.05, 0.1) is 11.8 Å². The maximum atomic E-state index is 12.0. The van der Waals surface area contributed by atoms with Gasteiger partial charge in [-0.15, -0.1) is 0 Å². The molecular weight excluding hydrogens is 272 g/mol. The number of hydrogen-bond donors (Lipinski definition) is 1. The lowest BCUT2D eigenvalue weighted by Gasteiger charge is -2.13. The summed E-state index contributed by atoms with van der Waals surface area (Å²) >= 11 is 0. The van der Waals surface area contributed by atoms with Crippen LogP contribution in [0, 0.1) is 11.3 Å². The smallest absolute Gasteiger partial charge is 0.248 e. The van der Waals surface area contributed by atoms with Gasteiger partial charge in [-0.25, -0.2) is 8.42 Å². The molecule has 2 rings (SSSR count). The predicted molar refractivity (Wildman–Crippen MR) is 79.5 cm³/mol. The quantitative estimate of drug-likeness (QED) is 0.939. The normalized spacial score (nSPS) is 12.4. The van der Waals surface area contributed by atoms with Crippen molar-refractivity contribution in [2.75, 3.05) is 4.72 Å². The molecule has 1 N–H and O–H groups in total. The topological polar surface area (TPSA) is 70.0 Å². The maximum absolute atomic E-state index is 12.0. The monoisotopic (exact) mass is 286 g/mol. The number of hydrogen-bond acceptors (Lipinski definition) is 3. The van der Waals surface area contributed by atoms with Crippen LogP contribution < -0.4 is 4.72 Å². The van der Waals surface area contributed by atoms with E-state index in [4.69, 9.17) is 5.26 Å². The molecule has 20 heavy (non-hydrogen) atoms. The first kappa shape index (κ1) is 14.1. The molecule has 4 nitrogen and oxygen atoms in total. The molecule has 0 saturated heterocycles. The Morgan fingerprint density at radius 2 is 1.65 bits per heavy atom. The van der Waals surface area contributed by atoms with Crippen LogP contribution in [-0.2, 0) is 10.0 Å². The summed E-state index contributed by atoms with van der Waals surface area (Å²) in [6, 6.07) is 18.3. The highest BCUT2D eigenvalue weighted by Gasteiger charge is 2.21. The van der Waals surface area contributed by atoms with Gasteiger partial charge in [-0.2, -0.15) is 5.26 Å². The van der Waals surface area contributed by atoms with Crippen molar-refractivity contribution in [3.8, 4) is 17.2 Å². The maximum Gasteiger partial charge on any atom is 0.248 e. The standard InChI is InChI=1S/C15H14N2O2S/c1-12(11-16)20(18,19)17-15-10-6-5-9-14(15)13-7-3-2-4-8-13/h2-10,12,17H,1H3. The fourth-order valence-electron chi connectivity index (χ4n) is 1.75. The molecule has 0 radical (unpaired) electrons. The highest BCUT2D eigenvalue weighted by molar-refractivity contribution is 7.93. The van der Waals surface area contributed by atoms with Gasteiger partial charge in [0, 0.05) is 5.56 Å². The van der Waals surface area contributed by atoms with Gasteiger partial charge in [-0.1, -0.05) is 48.5 Å². The fraction of sp³-hybridized carbons (Fsp3) is 0.133. The molecule has 5 heteroatoms. The molecule has 0 aromatic heterocycles. The van der Waals surface area contributed by atoms with Gasteiger partial charge in [0.25, 0.3) is 0 Å². The van der Waals surface area contributed by atoms with E-state index < -0.39 is 15.3 Å². The number of benzene rings is 2. The summed E-state index contributed by atoms with van der Waals surface area (Å²) < 4.78 is 26.4. The summed E-state index contributed by atoms with van der Waals surface area (Å²) in [6.07, 6.45) is 0. The summed E-state index contributed by atoms with van der Waals surface area (Å²) in [6.45, 7) is 1.35. The molecule has 0 bridgehead atoms. The van der Waals surface area contributed by atoms with E-state index in [9.17, 15) is 8.42 Å². The number of anilines is 1. The van der Waals surface area contributed by atoms with E-state index >= 15 is 0 Å². The molecule has 0 amide bonds. The average molecular weight is 286 g/mol. The predicted octanol–water partition coefficient (Wildman–Crippen LogP) is 3.01. The van der Waals surface area contributed by atoms with Crippen molar-refractivity contribution in [2.45, 2.75) is 12.2 Å². The zero-order valence-electron chi connectivity index (χ0n) is 10.9. The summed E-state index contributed by atoms with van der Waals surface area (Å²) in [5.74, 6) is 0.